The number of methoxy groups -OCH3 is 1. The highest BCUT2D eigenvalue weighted by Gasteiger charge is 2.40. The van der Waals surface area contributed by atoms with E-state index in [-0.39, 0.29) is 23.9 Å². The van der Waals surface area contributed by atoms with Gasteiger partial charge in [-0.15, -0.1) is 0 Å². The first-order valence-electron chi connectivity index (χ1n) is 9.00. The molecule has 0 bridgehead atoms. The Morgan fingerprint density at radius 2 is 1.78 bits per heavy atom. The van der Waals surface area contributed by atoms with E-state index in [0.29, 0.717) is 5.92 Å². The predicted octanol–water partition coefficient (Wildman–Crippen LogP) is 5.00. The molecule has 1 saturated carbocycles. The van der Waals surface area contributed by atoms with Crippen LogP contribution in [0.2, 0.25) is 0 Å². The van der Waals surface area contributed by atoms with Crippen molar-refractivity contribution in [3.63, 3.8) is 0 Å². The molecule has 3 nitrogen and oxygen atoms in total. The fraction of sp³-hybridized carbons (Fsp3) is 0.650. The SMILES string of the molecule is COc1ccc2c(c1)C(C(C)C)OC(=O)C2C1CCCCCC1. The van der Waals surface area contributed by atoms with Crippen LogP contribution in [0.15, 0.2) is 18.2 Å². The molecule has 2 unspecified atom stereocenters. The highest BCUT2D eigenvalue weighted by molar-refractivity contribution is 5.81. The standard InChI is InChI=1S/C20H28O3/c1-13(2)19-17-12-15(22-3)10-11-16(17)18(20(21)23-19)14-8-6-4-5-7-9-14/h10-14,18-19H,4-9H2,1-3H3. The van der Waals surface area contributed by atoms with E-state index >= 15 is 0 Å². The number of hydrogen-bond donors (Lipinski definition) is 0. The van der Waals surface area contributed by atoms with Crippen molar-refractivity contribution in [1.82, 2.24) is 0 Å². The molecule has 1 aliphatic carbocycles. The molecule has 0 saturated heterocycles. The van der Waals surface area contributed by atoms with E-state index in [1.54, 1.807) is 7.11 Å². The molecule has 0 radical (unpaired) electrons. The largest absolute Gasteiger partial charge is 0.497 e. The summed E-state index contributed by atoms with van der Waals surface area (Å²) < 4.78 is 11.3. The second-order valence-electron chi connectivity index (χ2n) is 7.33. The average Bonchev–Trinajstić information content (AvgIpc) is 2.82. The summed E-state index contributed by atoms with van der Waals surface area (Å²) in [6.07, 6.45) is 7.16. The Morgan fingerprint density at radius 1 is 1.09 bits per heavy atom. The third-order valence-electron chi connectivity index (χ3n) is 5.41. The second-order valence-corrected chi connectivity index (χ2v) is 7.33. The number of carbonyl (C=O) groups excluding carboxylic acids is 1. The van der Waals surface area contributed by atoms with E-state index in [2.05, 4.69) is 26.0 Å². The van der Waals surface area contributed by atoms with Gasteiger partial charge in [-0.2, -0.15) is 0 Å². The van der Waals surface area contributed by atoms with Crippen molar-refractivity contribution >= 4 is 5.97 Å². The molecule has 0 spiro atoms. The highest BCUT2D eigenvalue weighted by atomic mass is 16.5. The zero-order valence-corrected chi connectivity index (χ0v) is 14.5. The molecule has 2 aliphatic rings. The average molecular weight is 316 g/mol. The van der Waals surface area contributed by atoms with Crippen LogP contribution in [0.1, 0.15) is 75.5 Å². The molecular weight excluding hydrogens is 288 g/mol. The minimum Gasteiger partial charge on any atom is -0.497 e. The van der Waals surface area contributed by atoms with Crippen molar-refractivity contribution in [3.8, 4) is 5.75 Å². The molecule has 0 aromatic heterocycles. The van der Waals surface area contributed by atoms with Gasteiger partial charge in [-0.3, -0.25) is 4.79 Å². The summed E-state index contributed by atoms with van der Waals surface area (Å²) in [5.74, 6) is 1.41. The lowest BCUT2D eigenvalue weighted by molar-refractivity contribution is -0.158. The van der Waals surface area contributed by atoms with Crippen molar-refractivity contribution < 1.29 is 14.3 Å². The molecule has 1 aromatic carbocycles. The van der Waals surface area contributed by atoms with Crippen LogP contribution in [-0.4, -0.2) is 13.1 Å². The monoisotopic (exact) mass is 316 g/mol. The van der Waals surface area contributed by atoms with Crippen LogP contribution in [0.3, 0.4) is 0 Å². The van der Waals surface area contributed by atoms with Gasteiger partial charge >= 0.3 is 5.97 Å². The number of rotatable bonds is 3. The summed E-state index contributed by atoms with van der Waals surface area (Å²) in [7, 11) is 1.68. The number of ether oxygens (including phenoxy) is 2. The summed E-state index contributed by atoms with van der Waals surface area (Å²) in [5.41, 5.74) is 2.32. The van der Waals surface area contributed by atoms with Crippen molar-refractivity contribution in [1.29, 1.82) is 0 Å². The van der Waals surface area contributed by atoms with E-state index in [4.69, 9.17) is 9.47 Å². The molecular formula is C20H28O3. The summed E-state index contributed by atoms with van der Waals surface area (Å²) in [4.78, 5) is 12.8. The zero-order valence-electron chi connectivity index (χ0n) is 14.5. The van der Waals surface area contributed by atoms with E-state index in [9.17, 15) is 4.79 Å². The van der Waals surface area contributed by atoms with Crippen LogP contribution in [0, 0.1) is 11.8 Å². The van der Waals surface area contributed by atoms with Crippen LogP contribution in [-0.2, 0) is 9.53 Å². The van der Waals surface area contributed by atoms with Crippen molar-refractivity contribution in [2.75, 3.05) is 7.11 Å². The third kappa shape index (κ3) is 3.24. The number of fused-ring (bicyclic) bond motifs is 1. The number of hydrogen-bond acceptors (Lipinski definition) is 3. The predicted molar refractivity (Wildman–Crippen MR) is 90.6 cm³/mol. The van der Waals surface area contributed by atoms with Gasteiger partial charge in [0.2, 0.25) is 0 Å². The molecule has 1 aromatic rings. The lowest BCUT2D eigenvalue weighted by atomic mass is 9.76. The molecule has 0 N–H and O–H groups in total. The number of carbonyl (C=O) groups is 1. The molecule has 1 aliphatic heterocycles. The van der Waals surface area contributed by atoms with Gasteiger partial charge < -0.3 is 9.47 Å². The van der Waals surface area contributed by atoms with Gasteiger partial charge in [0.1, 0.15) is 11.9 Å². The van der Waals surface area contributed by atoms with Crippen molar-refractivity contribution in [2.24, 2.45) is 11.8 Å². The molecule has 1 fully saturated rings. The van der Waals surface area contributed by atoms with Crippen LogP contribution < -0.4 is 4.74 Å². The van der Waals surface area contributed by atoms with Crippen LogP contribution >= 0.6 is 0 Å². The lowest BCUT2D eigenvalue weighted by Gasteiger charge is -2.36. The van der Waals surface area contributed by atoms with E-state index in [1.807, 2.05) is 6.07 Å². The Bertz CT molecular complexity index is 556. The minimum absolute atomic E-state index is 0.0201. The van der Waals surface area contributed by atoms with Crippen molar-refractivity contribution in [3.05, 3.63) is 29.3 Å². The van der Waals surface area contributed by atoms with E-state index in [0.717, 1.165) is 24.2 Å². The number of cyclic esters (lactones) is 1. The van der Waals surface area contributed by atoms with Gasteiger partial charge in [0, 0.05) is 5.56 Å². The first kappa shape index (κ1) is 16.4. The maximum Gasteiger partial charge on any atom is 0.314 e. The highest BCUT2D eigenvalue weighted by Crippen LogP contribution is 2.46. The van der Waals surface area contributed by atoms with Gasteiger partial charge in [0.15, 0.2) is 0 Å². The van der Waals surface area contributed by atoms with Gasteiger partial charge in [0.05, 0.1) is 13.0 Å². The molecule has 1 heterocycles. The minimum atomic E-state index is -0.158. The Morgan fingerprint density at radius 3 is 2.39 bits per heavy atom. The second kappa shape index (κ2) is 6.94. The van der Waals surface area contributed by atoms with Gasteiger partial charge in [-0.1, -0.05) is 45.6 Å². The fourth-order valence-corrected chi connectivity index (χ4v) is 4.18. The maximum atomic E-state index is 12.8. The summed E-state index contributed by atoms with van der Waals surface area (Å²) in [5, 5.41) is 0. The number of esters is 1. The fourth-order valence-electron chi connectivity index (χ4n) is 4.18. The van der Waals surface area contributed by atoms with Crippen LogP contribution in [0.5, 0.6) is 5.75 Å². The quantitative estimate of drug-likeness (QED) is 0.581. The molecule has 126 valence electrons. The Hall–Kier alpha value is -1.51. The Labute approximate surface area is 139 Å². The summed E-state index contributed by atoms with van der Waals surface area (Å²) in [6.45, 7) is 4.21. The van der Waals surface area contributed by atoms with Crippen LogP contribution in [0.4, 0.5) is 0 Å². The number of benzene rings is 1. The molecule has 23 heavy (non-hydrogen) atoms. The first-order valence-corrected chi connectivity index (χ1v) is 9.00. The normalized spacial score (nSPS) is 25.7. The van der Waals surface area contributed by atoms with Crippen molar-refractivity contribution in [2.45, 2.75) is 64.4 Å². The zero-order chi connectivity index (χ0) is 16.4. The molecule has 3 heteroatoms. The van der Waals surface area contributed by atoms with Gasteiger partial charge in [0.25, 0.3) is 0 Å². The van der Waals surface area contributed by atoms with E-state index in [1.165, 1.54) is 31.2 Å². The topological polar surface area (TPSA) is 35.5 Å². The van der Waals surface area contributed by atoms with E-state index < -0.39 is 0 Å². The molecule has 2 atom stereocenters. The Balaban J connectivity index is 2.01. The summed E-state index contributed by atoms with van der Waals surface area (Å²) >= 11 is 0. The van der Waals surface area contributed by atoms with Gasteiger partial charge in [-0.05, 0) is 42.4 Å². The first-order chi connectivity index (χ1) is 11.1. The smallest absolute Gasteiger partial charge is 0.314 e. The van der Waals surface area contributed by atoms with Crippen LogP contribution in [0.25, 0.3) is 0 Å². The van der Waals surface area contributed by atoms with Gasteiger partial charge in [-0.25, -0.2) is 0 Å². The maximum absolute atomic E-state index is 12.8. The third-order valence-corrected chi connectivity index (χ3v) is 5.41. The summed E-state index contributed by atoms with van der Waals surface area (Å²) in [6, 6.07) is 6.15. The lowest BCUT2D eigenvalue weighted by Crippen LogP contribution is -2.33. The molecule has 3 rings (SSSR count). The Kier molecular flexibility index (Phi) is 4.93. The molecule has 0 amide bonds.